The lowest BCUT2D eigenvalue weighted by atomic mass is 10.1. The number of nitrogens with zero attached hydrogens (tertiary/aromatic N) is 2. The second-order valence-electron chi connectivity index (χ2n) is 5.14. The molecule has 104 valence electrons. The molecule has 20 heavy (non-hydrogen) atoms. The molecule has 0 spiro atoms. The maximum Gasteiger partial charge on any atom is 0.227 e. The Balaban J connectivity index is 1.97. The van der Waals surface area contributed by atoms with Crippen molar-refractivity contribution in [2.24, 2.45) is 0 Å². The topological polar surface area (TPSA) is 35.0 Å². The highest BCUT2D eigenvalue weighted by atomic mass is 35.5. The van der Waals surface area contributed by atoms with Crippen molar-refractivity contribution in [3.8, 4) is 11.6 Å². The molecule has 1 aliphatic carbocycles. The van der Waals surface area contributed by atoms with Gasteiger partial charge in [0.15, 0.2) is 0 Å². The van der Waals surface area contributed by atoms with Crippen LogP contribution < -0.4 is 4.74 Å². The van der Waals surface area contributed by atoms with Gasteiger partial charge in [-0.1, -0.05) is 36.7 Å². The van der Waals surface area contributed by atoms with Crippen LogP contribution >= 0.6 is 11.6 Å². The number of ether oxygens (including phenoxy) is 1. The first-order valence-corrected chi connectivity index (χ1v) is 7.36. The van der Waals surface area contributed by atoms with Crippen LogP contribution in [0.4, 0.5) is 0 Å². The molecule has 0 aliphatic heterocycles. The molecule has 1 saturated carbocycles. The first kappa shape index (κ1) is 13.4. The SMILES string of the molecule is CCc1ccccc1Oc1nc(C2CC2)nc(Cl)c1C. The molecule has 0 saturated heterocycles. The highest BCUT2D eigenvalue weighted by Crippen LogP contribution is 2.40. The summed E-state index contributed by atoms with van der Waals surface area (Å²) in [5.74, 6) is 2.68. The molecule has 0 atom stereocenters. The van der Waals surface area contributed by atoms with Crippen LogP contribution in [0.3, 0.4) is 0 Å². The molecule has 1 aromatic heterocycles. The predicted molar refractivity (Wildman–Crippen MR) is 79.6 cm³/mol. The van der Waals surface area contributed by atoms with Gasteiger partial charge >= 0.3 is 0 Å². The fourth-order valence-corrected chi connectivity index (χ4v) is 2.28. The summed E-state index contributed by atoms with van der Waals surface area (Å²) in [5.41, 5.74) is 1.96. The molecule has 3 rings (SSSR count). The van der Waals surface area contributed by atoms with Crippen LogP contribution in [0, 0.1) is 6.92 Å². The average molecular weight is 289 g/mol. The van der Waals surface area contributed by atoms with Crippen LogP contribution in [-0.4, -0.2) is 9.97 Å². The Morgan fingerprint density at radius 2 is 2.00 bits per heavy atom. The fraction of sp³-hybridized carbons (Fsp3) is 0.375. The minimum absolute atomic E-state index is 0.455. The van der Waals surface area contributed by atoms with Crippen molar-refractivity contribution in [1.82, 2.24) is 9.97 Å². The minimum Gasteiger partial charge on any atom is -0.438 e. The summed E-state index contributed by atoms with van der Waals surface area (Å²) in [6.45, 7) is 4.00. The van der Waals surface area contributed by atoms with Crippen molar-refractivity contribution < 1.29 is 4.74 Å². The number of benzene rings is 1. The first-order valence-electron chi connectivity index (χ1n) is 6.98. The molecule has 0 radical (unpaired) electrons. The summed E-state index contributed by atoms with van der Waals surface area (Å²) in [4.78, 5) is 8.90. The lowest BCUT2D eigenvalue weighted by Gasteiger charge is -2.12. The van der Waals surface area contributed by atoms with Gasteiger partial charge in [0.05, 0.1) is 0 Å². The number of rotatable bonds is 4. The van der Waals surface area contributed by atoms with Crippen LogP contribution in [-0.2, 0) is 6.42 Å². The third kappa shape index (κ3) is 2.63. The van der Waals surface area contributed by atoms with Crippen molar-refractivity contribution in [3.05, 3.63) is 46.4 Å². The van der Waals surface area contributed by atoms with Gasteiger partial charge in [-0.25, -0.2) is 4.98 Å². The summed E-state index contributed by atoms with van der Waals surface area (Å²) < 4.78 is 6.00. The lowest BCUT2D eigenvalue weighted by Crippen LogP contribution is -2.01. The number of aromatic nitrogens is 2. The smallest absolute Gasteiger partial charge is 0.227 e. The molecule has 1 heterocycles. The van der Waals surface area contributed by atoms with E-state index in [1.165, 1.54) is 0 Å². The van der Waals surface area contributed by atoms with E-state index < -0.39 is 0 Å². The standard InChI is InChI=1S/C16H17ClN2O/c1-3-11-6-4-5-7-13(11)20-16-10(2)14(17)18-15(19-16)12-8-9-12/h4-7,12H,3,8-9H2,1-2H3. The minimum atomic E-state index is 0.455. The van der Waals surface area contributed by atoms with Gasteiger partial charge in [0.1, 0.15) is 16.7 Å². The van der Waals surface area contributed by atoms with Gasteiger partial charge in [0.2, 0.25) is 5.88 Å². The van der Waals surface area contributed by atoms with Gasteiger partial charge in [-0.2, -0.15) is 4.98 Å². The Morgan fingerprint density at radius 3 is 2.70 bits per heavy atom. The van der Waals surface area contributed by atoms with E-state index in [0.29, 0.717) is 17.0 Å². The molecular formula is C16H17ClN2O. The van der Waals surface area contributed by atoms with Crippen molar-refractivity contribution in [1.29, 1.82) is 0 Å². The normalized spacial score (nSPS) is 14.3. The highest BCUT2D eigenvalue weighted by Gasteiger charge is 2.28. The van der Waals surface area contributed by atoms with Crippen molar-refractivity contribution >= 4 is 11.6 Å². The second-order valence-corrected chi connectivity index (χ2v) is 5.50. The van der Waals surface area contributed by atoms with Gasteiger partial charge in [-0.3, -0.25) is 0 Å². The second kappa shape index (κ2) is 5.41. The summed E-state index contributed by atoms with van der Waals surface area (Å²) >= 11 is 6.20. The Hall–Kier alpha value is -1.61. The molecule has 1 fully saturated rings. The summed E-state index contributed by atoms with van der Waals surface area (Å²) in [7, 11) is 0. The molecule has 0 N–H and O–H groups in total. The molecule has 2 aromatic rings. The van der Waals surface area contributed by atoms with Crippen LogP contribution in [0.2, 0.25) is 5.15 Å². The summed E-state index contributed by atoms with van der Waals surface area (Å²) in [6, 6.07) is 8.01. The van der Waals surface area contributed by atoms with E-state index >= 15 is 0 Å². The Labute approximate surface area is 124 Å². The average Bonchev–Trinajstić information content (AvgIpc) is 3.28. The Morgan fingerprint density at radius 1 is 1.25 bits per heavy atom. The van der Waals surface area contributed by atoms with Crippen molar-refractivity contribution in [3.63, 3.8) is 0 Å². The Bertz CT molecular complexity index is 638. The third-order valence-corrected chi connectivity index (χ3v) is 3.93. The van der Waals surface area contributed by atoms with Gasteiger partial charge in [-0.15, -0.1) is 0 Å². The van der Waals surface area contributed by atoms with E-state index in [1.54, 1.807) is 0 Å². The predicted octanol–water partition coefficient (Wildman–Crippen LogP) is 4.67. The lowest BCUT2D eigenvalue weighted by molar-refractivity contribution is 0.449. The van der Waals surface area contributed by atoms with E-state index in [4.69, 9.17) is 16.3 Å². The molecule has 1 aliphatic rings. The van der Waals surface area contributed by atoms with Gasteiger partial charge in [0, 0.05) is 11.5 Å². The maximum atomic E-state index is 6.20. The van der Waals surface area contributed by atoms with Gasteiger partial charge in [0.25, 0.3) is 0 Å². The number of para-hydroxylation sites is 1. The quantitative estimate of drug-likeness (QED) is 0.767. The fourth-order valence-electron chi connectivity index (χ4n) is 2.11. The van der Waals surface area contributed by atoms with E-state index in [0.717, 1.165) is 42.0 Å². The monoisotopic (exact) mass is 288 g/mol. The van der Waals surface area contributed by atoms with E-state index in [1.807, 2.05) is 25.1 Å². The number of halogens is 1. The molecule has 0 amide bonds. The summed E-state index contributed by atoms with van der Waals surface area (Å²) in [6.07, 6.45) is 3.21. The maximum absolute atomic E-state index is 6.20. The molecule has 3 nitrogen and oxygen atoms in total. The third-order valence-electron chi connectivity index (χ3n) is 3.56. The van der Waals surface area contributed by atoms with Gasteiger partial charge < -0.3 is 4.74 Å². The molecular weight excluding hydrogens is 272 g/mol. The van der Waals surface area contributed by atoms with Crippen LogP contribution in [0.25, 0.3) is 0 Å². The molecule has 0 unspecified atom stereocenters. The van der Waals surface area contributed by atoms with Crippen LogP contribution in [0.1, 0.15) is 42.6 Å². The van der Waals surface area contributed by atoms with Crippen molar-refractivity contribution in [2.75, 3.05) is 0 Å². The zero-order chi connectivity index (χ0) is 14.1. The van der Waals surface area contributed by atoms with Crippen LogP contribution in [0.5, 0.6) is 11.6 Å². The number of aryl methyl sites for hydroxylation is 1. The molecule has 1 aromatic carbocycles. The Kier molecular flexibility index (Phi) is 3.62. The highest BCUT2D eigenvalue weighted by molar-refractivity contribution is 6.30. The zero-order valence-electron chi connectivity index (χ0n) is 11.7. The summed E-state index contributed by atoms with van der Waals surface area (Å²) in [5, 5.41) is 0.492. The first-order chi connectivity index (χ1) is 9.69. The van der Waals surface area contributed by atoms with E-state index in [9.17, 15) is 0 Å². The van der Waals surface area contributed by atoms with E-state index in [2.05, 4.69) is 23.0 Å². The van der Waals surface area contributed by atoms with Crippen LogP contribution in [0.15, 0.2) is 24.3 Å². The molecule has 4 heteroatoms. The largest absolute Gasteiger partial charge is 0.438 e. The van der Waals surface area contributed by atoms with Crippen molar-refractivity contribution in [2.45, 2.75) is 39.0 Å². The van der Waals surface area contributed by atoms with E-state index in [-0.39, 0.29) is 0 Å². The number of hydrogen-bond acceptors (Lipinski definition) is 3. The number of hydrogen-bond donors (Lipinski definition) is 0. The van der Waals surface area contributed by atoms with Gasteiger partial charge in [-0.05, 0) is 37.8 Å². The zero-order valence-corrected chi connectivity index (χ0v) is 12.4. The molecule has 0 bridgehead atoms.